The van der Waals surface area contributed by atoms with Gasteiger partial charge in [0.1, 0.15) is 18.1 Å². The molecular weight excluding hydrogens is 448 g/mol. The molecule has 1 amide bonds. The molecule has 35 heavy (non-hydrogen) atoms. The standard InChI is InChI=1S/C26H24N4O5/c1-2-19-6-10-25(11-7-19)35-18-29-16-22(15-27-29)28-26(31)21-5-3-4-20(14-21)17-34-24-12-8-23(9-13-24)30(32)33/h3-16H,2,17-18H2,1H3,(H,28,31). The summed E-state index contributed by atoms with van der Waals surface area (Å²) in [6, 6.07) is 20.8. The lowest BCUT2D eigenvalue weighted by Gasteiger charge is -2.08. The van der Waals surface area contributed by atoms with Crippen molar-refractivity contribution in [1.29, 1.82) is 0 Å². The lowest BCUT2D eigenvalue weighted by molar-refractivity contribution is -0.384. The van der Waals surface area contributed by atoms with E-state index in [1.54, 1.807) is 35.3 Å². The number of rotatable bonds is 10. The molecule has 0 fully saturated rings. The van der Waals surface area contributed by atoms with Gasteiger partial charge in [0.05, 0.1) is 23.0 Å². The average molecular weight is 473 g/mol. The Hall–Kier alpha value is -4.66. The molecule has 0 spiro atoms. The van der Waals surface area contributed by atoms with Crippen LogP contribution in [0, 0.1) is 10.1 Å². The molecule has 4 rings (SSSR count). The number of carbonyl (C=O) groups excluding carboxylic acids is 1. The van der Waals surface area contributed by atoms with Crippen molar-refractivity contribution in [2.45, 2.75) is 26.7 Å². The predicted molar refractivity (Wildman–Crippen MR) is 130 cm³/mol. The highest BCUT2D eigenvalue weighted by molar-refractivity contribution is 6.04. The van der Waals surface area contributed by atoms with Crippen LogP contribution in [0.2, 0.25) is 0 Å². The first-order valence-corrected chi connectivity index (χ1v) is 11.0. The second kappa shape index (κ2) is 11.0. The number of amides is 1. The molecular formula is C26H24N4O5. The van der Waals surface area contributed by atoms with Crippen LogP contribution in [0.4, 0.5) is 11.4 Å². The maximum atomic E-state index is 12.7. The summed E-state index contributed by atoms with van der Waals surface area (Å²) in [5.74, 6) is 0.968. The summed E-state index contributed by atoms with van der Waals surface area (Å²) < 4.78 is 13.0. The quantitative estimate of drug-likeness (QED) is 0.250. The summed E-state index contributed by atoms with van der Waals surface area (Å²) in [5.41, 5.74) is 3.04. The van der Waals surface area contributed by atoms with E-state index in [1.807, 2.05) is 30.3 Å². The van der Waals surface area contributed by atoms with Gasteiger partial charge in [0.15, 0.2) is 6.73 Å². The zero-order valence-corrected chi connectivity index (χ0v) is 19.1. The Balaban J connectivity index is 1.30. The van der Waals surface area contributed by atoms with Crippen molar-refractivity contribution in [3.05, 3.63) is 112 Å². The van der Waals surface area contributed by atoms with E-state index < -0.39 is 4.92 Å². The lowest BCUT2D eigenvalue weighted by Crippen LogP contribution is -2.12. The van der Waals surface area contributed by atoms with Crippen LogP contribution in [-0.2, 0) is 19.8 Å². The summed E-state index contributed by atoms with van der Waals surface area (Å²) >= 11 is 0. The molecule has 178 valence electrons. The number of nitro groups is 1. The van der Waals surface area contributed by atoms with Crippen molar-refractivity contribution in [3.8, 4) is 11.5 Å². The third-order valence-electron chi connectivity index (χ3n) is 5.23. The molecule has 0 aliphatic carbocycles. The Morgan fingerprint density at radius 2 is 1.71 bits per heavy atom. The number of aromatic nitrogens is 2. The summed E-state index contributed by atoms with van der Waals surface area (Å²) in [5, 5.41) is 17.8. The SMILES string of the molecule is CCc1ccc(OCn2cc(NC(=O)c3cccc(COc4ccc([N+](=O)[O-])cc4)c3)cn2)cc1. The maximum absolute atomic E-state index is 12.7. The van der Waals surface area contributed by atoms with E-state index in [0.717, 1.165) is 17.7 Å². The Bertz CT molecular complexity index is 1300. The first kappa shape index (κ1) is 23.5. The van der Waals surface area contributed by atoms with Gasteiger partial charge in [0.25, 0.3) is 11.6 Å². The van der Waals surface area contributed by atoms with E-state index >= 15 is 0 Å². The number of nitrogens with zero attached hydrogens (tertiary/aromatic N) is 3. The number of benzene rings is 3. The van der Waals surface area contributed by atoms with Crippen LogP contribution in [0.25, 0.3) is 0 Å². The van der Waals surface area contributed by atoms with E-state index in [-0.39, 0.29) is 24.9 Å². The summed E-state index contributed by atoms with van der Waals surface area (Å²) in [4.78, 5) is 23.0. The van der Waals surface area contributed by atoms with Crippen LogP contribution < -0.4 is 14.8 Å². The molecule has 9 heteroatoms. The summed E-state index contributed by atoms with van der Waals surface area (Å²) in [6.07, 6.45) is 4.22. The van der Waals surface area contributed by atoms with Crippen molar-refractivity contribution in [2.24, 2.45) is 0 Å². The van der Waals surface area contributed by atoms with E-state index in [0.29, 0.717) is 17.0 Å². The number of hydrogen-bond acceptors (Lipinski definition) is 6. The normalized spacial score (nSPS) is 10.5. The molecule has 1 aromatic heterocycles. The summed E-state index contributed by atoms with van der Waals surface area (Å²) in [6.45, 7) is 2.53. The van der Waals surface area contributed by atoms with Crippen molar-refractivity contribution < 1.29 is 19.2 Å². The van der Waals surface area contributed by atoms with Gasteiger partial charge in [-0.15, -0.1) is 0 Å². The Morgan fingerprint density at radius 3 is 2.43 bits per heavy atom. The first-order chi connectivity index (χ1) is 17.0. The molecule has 0 aliphatic rings. The molecule has 0 saturated heterocycles. The molecule has 1 N–H and O–H groups in total. The number of anilines is 1. The van der Waals surface area contributed by atoms with Gasteiger partial charge < -0.3 is 14.8 Å². The largest absolute Gasteiger partial charge is 0.489 e. The molecule has 0 saturated carbocycles. The molecule has 0 unspecified atom stereocenters. The van der Waals surface area contributed by atoms with Crippen molar-refractivity contribution in [2.75, 3.05) is 5.32 Å². The molecule has 0 atom stereocenters. The molecule has 0 aliphatic heterocycles. The zero-order chi connectivity index (χ0) is 24.6. The molecule has 9 nitrogen and oxygen atoms in total. The molecule has 4 aromatic rings. The second-order valence-corrected chi connectivity index (χ2v) is 7.73. The van der Waals surface area contributed by atoms with Crippen molar-refractivity contribution in [3.63, 3.8) is 0 Å². The monoisotopic (exact) mass is 472 g/mol. The van der Waals surface area contributed by atoms with Gasteiger partial charge >= 0.3 is 0 Å². The minimum absolute atomic E-state index is 0.00321. The van der Waals surface area contributed by atoms with Crippen LogP contribution in [0.1, 0.15) is 28.4 Å². The lowest BCUT2D eigenvalue weighted by atomic mass is 10.1. The van der Waals surface area contributed by atoms with Gasteiger partial charge in [-0.2, -0.15) is 5.10 Å². The molecule has 0 radical (unpaired) electrons. The van der Waals surface area contributed by atoms with E-state index in [1.165, 1.54) is 29.8 Å². The average Bonchev–Trinajstić information content (AvgIpc) is 3.34. The zero-order valence-electron chi connectivity index (χ0n) is 19.1. The number of nitro benzene ring substituents is 1. The second-order valence-electron chi connectivity index (χ2n) is 7.73. The van der Waals surface area contributed by atoms with Gasteiger partial charge in [-0.3, -0.25) is 14.9 Å². The molecule has 1 heterocycles. The first-order valence-electron chi connectivity index (χ1n) is 11.0. The van der Waals surface area contributed by atoms with Gasteiger partial charge in [-0.05, 0) is 53.9 Å². The van der Waals surface area contributed by atoms with Crippen LogP contribution in [0.15, 0.2) is 85.2 Å². The van der Waals surface area contributed by atoms with Crippen LogP contribution >= 0.6 is 0 Å². The number of ether oxygens (including phenoxy) is 2. The maximum Gasteiger partial charge on any atom is 0.269 e. The highest BCUT2D eigenvalue weighted by Crippen LogP contribution is 2.19. The van der Waals surface area contributed by atoms with Crippen molar-refractivity contribution >= 4 is 17.3 Å². The topological polar surface area (TPSA) is 109 Å². The fraction of sp³-hybridized carbons (Fsp3) is 0.154. The minimum atomic E-state index is -0.465. The molecule has 3 aromatic carbocycles. The van der Waals surface area contributed by atoms with Gasteiger partial charge in [-0.1, -0.05) is 31.2 Å². The van der Waals surface area contributed by atoms with E-state index in [4.69, 9.17) is 9.47 Å². The Morgan fingerprint density at radius 1 is 1.00 bits per heavy atom. The van der Waals surface area contributed by atoms with Crippen LogP contribution in [0.3, 0.4) is 0 Å². The fourth-order valence-electron chi connectivity index (χ4n) is 3.30. The molecule has 0 bridgehead atoms. The number of non-ortho nitro benzene ring substituents is 1. The summed E-state index contributed by atoms with van der Waals surface area (Å²) in [7, 11) is 0. The van der Waals surface area contributed by atoms with E-state index in [9.17, 15) is 14.9 Å². The van der Waals surface area contributed by atoms with Gasteiger partial charge in [0.2, 0.25) is 0 Å². The van der Waals surface area contributed by atoms with Crippen LogP contribution in [0.5, 0.6) is 11.5 Å². The minimum Gasteiger partial charge on any atom is -0.489 e. The third kappa shape index (κ3) is 6.44. The third-order valence-corrected chi connectivity index (χ3v) is 5.23. The highest BCUT2D eigenvalue weighted by Gasteiger charge is 2.10. The predicted octanol–water partition coefficient (Wildman–Crippen LogP) is 5.22. The fourth-order valence-corrected chi connectivity index (χ4v) is 3.30. The van der Waals surface area contributed by atoms with E-state index in [2.05, 4.69) is 17.3 Å². The highest BCUT2D eigenvalue weighted by atomic mass is 16.6. The number of aryl methyl sites for hydroxylation is 1. The van der Waals surface area contributed by atoms with Crippen LogP contribution in [-0.4, -0.2) is 20.6 Å². The number of nitrogens with one attached hydrogen (secondary N) is 1. The van der Waals surface area contributed by atoms with Gasteiger partial charge in [0, 0.05) is 17.7 Å². The number of hydrogen-bond donors (Lipinski definition) is 1. The smallest absolute Gasteiger partial charge is 0.269 e. The van der Waals surface area contributed by atoms with Gasteiger partial charge in [-0.25, -0.2) is 4.68 Å². The van der Waals surface area contributed by atoms with Crippen molar-refractivity contribution in [1.82, 2.24) is 9.78 Å². The Labute approximate surface area is 202 Å². The number of carbonyl (C=O) groups is 1. The Kier molecular flexibility index (Phi) is 7.37.